The Hall–Kier alpha value is -2.96. The van der Waals surface area contributed by atoms with Crippen LogP contribution in [-0.2, 0) is 0 Å². The number of rotatable bonds is 4. The smallest absolute Gasteiger partial charge is 0.202 e. The zero-order chi connectivity index (χ0) is 23.6. The molecule has 0 saturated carbocycles. The number of aromatic nitrogens is 4. The lowest BCUT2D eigenvalue weighted by Crippen LogP contribution is -2.29. The zero-order valence-corrected chi connectivity index (χ0v) is 20.4. The average molecular weight is 423 g/mol. The Morgan fingerprint density at radius 2 is 1.06 bits per heavy atom. The monoisotopic (exact) mass is 422 g/mol. The molecule has 2 aromatic rings. The summed E-state index contributed by atoms with van der Waals surface area (Å²) < 4.78 is 0.908. The Morgan fingerprint density at radius 3 is 1.52 bits per heavy atom. The van der Waals surface area contributed by atoms with Crippen molar-refractivity contribution in [1.82, 2.24) is 19.9 Å². The molecule has 0 fully saturated rings. The van der Waals surface area contributed by atoms with Crippen LogP contribution in [0.2, 0.25) is 0 Å². The van der Waals surface area contributed by atoms with Crippen molar-refractivity contribution < 1.29 is 4.74 Å². The van der Waals surface area contributed by atoms with Crippen molar-refractivity contribution in [3.63, 3.8) is 0 Å². The molecule has 0 aliphatic heterocycles. The first kappa shape index (κ1) is 24.3. The number of hydrogen-bond donors (Lipinski definition) is 0. The van der Waals surface area contributed by atoms with E-state index < -0.39 is 5.54 Å². The van der Waals surface area contributed by atoms with E-state index in [0.717, 1.165) is 38.9 Å². The third-order valence-electron chi connectivity index (χ3n) is 4.51. The van der Waals surface area contributed by atoms with Crippen LogP contribution in [0.25, 0.3) is 12.2 Å². The molecule has 0 amide bonds. The van der Waals surface area contributed by atoms with Crippen molar-refractivity contribution in [3.05, 3.63) is 50.8 Å². The van der Waals surface area contributed by atoms with Gasteiger partial charge in [-0.2, -0.15) is 0 Å². The van der Waals surface area contributed by atoms with Gasteiger partial charge in [-0.25, -0.2) is 24.7 Å². The summed E-state index contributed by atoms with van der Waals surface area (Å²) in [6, 6.07) is 0. The van der Waals surface area contributed by atoms with E-state index in [1.165, 1.54) is 6.21 Å². The highest BCUT2D eigenvalue weighted by molar-refractivity contribution is 5.79. The Bertz CT molecular complexity index is 1050. The second-order valence-electron chi connectivity index (χ2n) is 9.72. The quantitative estimate of drug-likeness (QED) is 0.310. The maximum Gasteiger partial charge on any atom is 0.202 e. The van der Waals surface area contributed by atoms with E-state index in [4.69, 9.17) is 0 Å². The molecule has 2 aromatic heterocycles. The van der Waals surface area contributed by atoms with E-state index in [1.54, 1.807) is 6.21 Å². The van der Waals surface area contributed by atoms with Gasteiger partial charge >= 0.3 is 0 Å². The highest BCUT2D eigenvalue weighted by Crippen LogP contribution is 2.15. The summed E-state index contributed by atoms with van der Waals surface area (Å²) in [4.78, 5) is 23.1. The molecule has 0 aliphatic carbocycles. The molecule has 0 bridgehead atoms. The van der Waals surface area contributed by atoms with Crippen LogP contribution in [0.15, 0.2) is 4.99 Å². The van der Waals surface area contributed by atoms with Gasteiger partial charge in [0.15, 0.2) is 5.54 Å². The van der Waals surface area contributed by atoms with Crippen LogP contribution in [0.1, 0.15) is 87.1 Å². The van der Waals surface area contributed by atoms with Gasteiger partial charge in [0.25, 0.3) is 0 Å². The molecule has 7 nitrogen and oxygen atoms in total. The van der Waals surface area contributed by atoms with Gasteiger partial charge in [0.2, 0.25) is 6.21 Å². The van der Waals surface area contributed by atoms with E-state index in [1.807, 2.05) is 81.4 Å². The van der Waals surface area contributed by atoms with Crippen LogP contribution < -0.4 is 0 Å². The normalized spacial score (nSPS) is 13.5. The lowest BCUT2D eigenvalue weighted by atomic mass is 10.1. The minimum absolute atomic E-state index is 0.158. The standard InChI is InChI=1S/C24H34N6O/c1-15-19(26-17(3)21(28-15)13-25-23(5,6)7)11-12-20-16(2)29-22(18(4)27-20)14-30(31)24(8,9)10/h11-14H,1-10H3/b12-11+,25-13+,30-14-. The molecule has 0 atom stereocenters. The topological polar surface area (TPSA) is 90.0 Å². The molecular formula is C24H34N6O. The molecule has 0 aliphatic rings. The number of aliphatic imine (C=N–C) groups is 1. The number of aryl methyl sites for hydroxylation is 4. The molecule has 0 spiro atoms. The first-order valence-electron chi connectivity index (χ1n) is 10.4. The van der Waals surface area contributed by atoms with Gasteiger partial charge < -0.3 is 5.21 Å². The first-order valence-corrected chi connectivity index (χ1v) is 10.4. The van der Waals surface area contributed by atoms with Crippen molar-refractivity contribution in [2.45, 2.75) is 80.3 Å². The second kappa shape index (κ2) is 9.04. The Kier molecular flexibility index (Phi) is 7.09. The minimum atomic E-state index is -0.529. The van der Waals surface area contributed by atoms with E-state index >= 15 is 0 Å². The summed E-state index contributed by atoms with van der Waals surface area (Å²) in [6.45, 7) is 19.3. The molecule has 2 heterocycles. The Labute approximate surface area is 185 Å². The van der Waals surface area contributed by atoms with Crippen molar-refractivity contribution in [2.75, 3.05) is 0 Å². The van der Waals surface area contributed by atoms with Gasteiger partial charge in [0.05, 0.1) is 39.7 Å². The maximum atomic E-state index is 12.2. The van der Waals surface area contributed by atoms with E-state index in [-0.39, 0.29) is 5.54 Å². The predicted octanol–water partition coefficient (Wildman–Crippen LogP) is 4.62. The van der Waals surface area contributed by atoms with Crippen molar-refractivity contribution in [1.29, 1.82) is 0 Å². The predicted molar refractivity (Wildman–Crippen MR) is 128 cm³/mol. The Morgan fingerprint density at radius 1 is 0.677 bits per heavy atom. The van der Waals surface area contributed by atoms with E-state index in [2.05, 4.69) is 24.9 Å². The van der Waals surface area contributed by atoms with Crippen LogP contribution in [0, 0.1) is 32.9 Å². The van der Waals surface area contributed by atoms with Gasteiger partial charge in [-0.15, -0.1) is 0 Å². The first-order chi connectivity index (χ1) is 14.2. The third kappa shape index (κ3) is 6.77. The highest BCUT2D eigenvalue weighted by Gasteiger charge is 2.19. The van der Waals surface area contributed by atoms with E-state index in [9.17, 15) is 5.21 Å². The fraction of sp³-hybridized carbons (Fsp3) is 0.500. The molecule has 166 valence electrons. The summed E-state index contributed by atoms with van der Waals surface area (Å²) in [6.07, 6.45) is 7.07. The van der Waals surface area contributed by atoms with Gasteiger partial charge in [-0.3, -0.25) is 4.99 Å². The number of hydroxylamine groups is 1. The fourth-order valence-electron chi connectivity index (χ4n) is 2.55. The number of hydrogen-bond acceptors (Lipinski definition) is 6. The summed E-state index contributed by atoms with van der Waals surface area (Å²) in [5.74, 6) is 0. The minimum Gasteiger partial charge on any atom is -0.623 e. The second-order valence-corrected chi connectivity index (χ2v) is 9.72. The van der Waals surface area contributed by atoms with Gasteiger partial charge in [0, 0.05) is 27.0 Å². The highest BCUT2D eigenvalue weighted by atomic mass is 16.5. The average Bonchev–Trinajstić information content (AvgIpc) is 2.62. The Balaban J connectivity index is 2.35. The molecule has 2 rings (SSSR count). The van der Waals surface area contributed by atoms with Crippen LogP contribution in [0.3, 0.4) is 0 Å². The van der Waals surface area contributed by atoms with Gasteiger partial charge in [-0.05, 0) is 60.6 Å². The largest absolute Gasteiger partial charge is 0.623 e. The van der Waals surface area contributed by atoms with Crippen LogP contribution >= 0.6 is 0 Å². The molecule has 7 heteroatoms. The van der Waals surface area contributed by atoms with Crippen molar-refractivity contribution in [3.8, 4) is 0 Å². The van der Waals surface area contributed by atoms with Gasteiger partial charge in [-0.1, -0.05) is 0 Å². The molecule has 0 aromatic carbocycles. The number of nitrogens with zero attached hydrogens (tertiary/aromatic N) is 6. The van der Waals surface area contributed by atoms with Crippen LogP contribution in [0.5, 0.6) is 0 Å². The maximum absolute atomic E-state index is 12.2. The molecule has 31 heavy (non-hydrogen) atoms. The summed E-state index contributed by atoms with van der Waals surface area (Å²) in [5.41, 5.74) is 5.25. The molecule has 0 saturated heterocycles. The third-order valence-corrected chi connectivity index (χ3v) is 4.51. The molecule has 0 unspecified atom stereocenters. The van der Waals surface area contributed by atoms with Crippen LogP contribution in [-0.4, -0.2) is 48.2 Å². The van der Waals surface area contributed by atoms with Crippen molar-refractivity contribution in [2.24, 2.45) is 4.99 Å². The molecule has 0 N–H and O–H groups in total. The molecule has 0 radical (unpaired) electrons. The summed E-state index contributed by atoms with van der Waals surface area (Å²) in [5, 5.41) is 12.2. The lowest BCUT2D eigenvalue weighted by Gasteiger charge is -2.18. The zero-order valence-electron chi connectivity index (χ0n) is 20.4. The van der Waals surface area contributed by atoms with Crippen molar-refractivity contribution >= 4 is 24.6 Å². The summed E-state index contributed by atoms with van der Waals surface area (Å²) >= 11 is 0. The molecular weight excluding hydrogens is 388 g/mol. The van der Waals surface area contributed by atoms with Gasteiger partial charge in [0.1, 0.15) is 11.4 Å². The van der Waals surface area contributed by atoms with Crippen LogP contribution in [0.4, 0.5) is 0 Å². The van der Waals surface area contributed by atoms with E-state index in [0.29, 0.717) is 11.4 Å². The SMILES string of the molecule is Cc1nc(/C=C/c2nc(C)c(/C=N/C(C)(C)C)nc2C)c(C)nc1/C=[N+](\[O-])C(C)(C)C. The lowest BCUT2D eigenvalue weighted by molar-refractivity contribution is -0.530. The summed E-state index contributed by atoms with van der Waals surface area (Å²) in [7, 11) is 0. The fourth-order valence-corrected chi connectivity index (χ4v) is 2.55.